The average molecular weight is 304 g/mol. The molecule has 0 amide bonds. The third-order valence-electron chi connectivity index (χ3n) is 1.58. The summed E-state index contributed by atoms with van der Waals surface area (Å²) in [5.41, 5.74) is 4.30. The minimum atomic E-state index is -4.44. The lowest BCUT2D eigenvalue weighted by atomic mass is 10.1. The van der Waals surface area contributed by atoms with E-state index >= 15 is 0 Å². The maximum Gasteiger partial charge on any atom is 0.417 e. The van der Waals surface area contributed by atoms with Gasteiger partial charge < -0.3 is 5.73 Å². The van der Waals surface area contributed by atoms with E-state index in [9.17, 15) is 13.2 Å². The summed E-state index contributed by atoms with van der Waals surface area (Å²) in [6, 6.07) is 3.41. The Hall–Kier alpha value is -0.750. The molecule has 0 unspecified atom stereocenters. The predicted molar refractivity (Wildman–Crippen MR) is 57.4 cm³/mol. The topological polar surface area (TPSA) is 49.9 Å². The minimum absolute atomic E-state index is 0. The molecule has 0 aliphatic rings. The Kier molecular flexibility index (Phi) is 4.61. The molecule has 0 fully saturated rings. The first-order valence-corrected chi connectivity index (χ1v) is 4.33. The number of benzene rings is 1. The summed E-state index contributed by atoms with van der Waals surface area (Å²) >= 11 is 2.78. The van der Waals surface area contributed by atoms with Crippen LogP contribution < -0.4 is 5.73 Å². The third-order valence-corrected chi connectivity index (χ3v) is 2.27. The zero-order chi connectivity index (χ0) is 10.9. The lowest BCUT2D eigenvalue weighted by Gasteiger charge is -2.10. The summed E-state index contributed by atoms with van der Waals surface area (Å²) < 4.78 is 37.0. The van der Waals surface area contributed by atoms with Crippen LogP contribution in [0.2, 0.25) is 0 Å². The molecule has 0 radical (unpaired) electrons. The Morgan fingerprint density at radius 1 is 1.33 bits per heavy atom. The highest BCUT2D eigenvalue weighted by Gasteiger charge is 2.33. The predicted octanol–water partition coefficient (Wildman–Crippen LogP) is 3.17. The molecule has 0 bridgehead atoms. The highest BCUT2D eigenvalue weighted by molar-refractivity contribution is 9.10. The Morgan fingerprint density at radius 3 is 2.27 bits per heavy atom. The molecule has 15 heavy (non-hydrogen) atoms. The molecule has 0 heterocycles. The molecule has 1 aromatic rings. The first-order chi connectivity index (χ1) is 6.32. The maximum atomic E-state index is 12.4. The highest BCUT2D eigenvalue weighted by Crippen LogP contribution is 2.35. The lowest BCUT2D eigenvalue weighted by Crippen LogP contribution is -2.13. The molecular weight excluding hydrogens is 296 g/mol. The van der Waals surface area contributed by atoms with Crippen molar-refractivity contribution in [3.05, 3.63) is 33.8 Å². The Bertz CT molecular complexity index is 379. The van der Waals surface area contributed by atoms with Crippen LogP contribution in [0.5, 0.6) is 0 Å². The number of halogens is 5. The molecule has 0 saturated heterocycles. The fraction of sp³-hybridized carbons (Fsp3) is 0.125. The Balaban J connectivity index is 0.00000196. The van der Waals surface area contributed by atoms with Crippen LogP contribution in [0.25, 0.3) is 0 Å². The van der Waals surface area contributed by atoms with Gasteiger partial charge in [0.15, 0.2) is 0 Å². The van der Waals surface area contributed by atoms with Crippen molar-refractivity contribution in [2.75, 3.05) is 0 Å². The lowest BCUT2D eigenvalue weighted by molar-refractivity contribution is -0.138. The third kappa shape index (κ3) is 3.39. The average Bonchev–Trinajstić information content (AvgIpc) is 2.02. The number of nitrogen functional groups attached to an aromatic ring is 1. The van der Waals surface area contributed by atoms with Crippen LogP contribution in [-0.4, -0.2) is 5.84 Å². The van der Waals surface area contributed by atoms with Gasteiger partial charge in [-0.25, -0.2) is 0 Å². The molecule has 0 spiro atoms. The van der Waals surface area contributed by atoms with Crippen molar-refractivity contribution in [1.82, 2.24) is 0 Å². The number of alkyl halides is 3. The largest absolute Gasteiger partial charge is 0.417 e. The van der Waals surface area contributed by atoms with Gasteiger partial charge >= 0.3 is 6.18 Å². The quantitative estimate of drug-likeness (QED) is 0.607. The van der Waals surface area contributed by atoms with E-state index in [1.54, 1.807) is 0 Å². The van der Waals surface area contributed by atoms with Crippen molar-refractivity contribution in [3.63, 3.8) is 0 Å². The first kappa shape index (κ1) is 14.2. The van der Waals surface area contributed by atoms with E-state index in [0.29, 0.717) is 0 Å². The molecule has 0 aliphatic heterocycles. The summed E-state index contributed by atoms with van der Waals surface area (Å²) in [5.74, 6) is -0.386. The van der Waals surface area contributed by atoms with Gasteiger partial charge in [-0.3, -0.25) is 5.41 Å². The number of amidine groups is 1. The molecule has 0 aromatic heterocycles. The molecule has 2 nitrogen and oxygen atoms in total. The fourth-order valence-electron chi connectivity index (χ4n) is 0.910. The Labute approximate surface area is 98.7 Å². The molecule has 1 aromatic carbocycles. The number of rotatable bonds is 1. The fourth-order valence-corrected chi connectivity index (χ4v) is 1.38. The van der Waals surface area contributed by atoms with Crippen LogP contribution in [-0.2, 0) is 6.18 Å². The van der Waals surface area contributed by atoms with Gasteiger partial charge in [-0.2, -0.15) is 13.2 Å². The van der Waals surface area contributed by atoms with E-state index in [1.165, 1.54) is 12.1 Å². The minimum Gasteiger partial charge on any atom is -0.384 e. The van der Waals surface area contributed by atoms with Crippen molar-refractivity contribution in [3.8, 4) is 0 Å². The molecule has 1 rings (SSSR count). The van der Waals surface area contributed by atoms with E-state index in [-0.39, 0.29) is 28.3 Å². The van der Waals surface area contributed by atoms with Gasteiger partial charge in [0.05, 0.1) is 5.56 Å². The van der Waals surface area contributed by atoms with Crippen molar-refractivity contribution in [2.24, 2.45) is 5.73 Å². The summed E-state index contributed by atoms with van der Waals surface area (Å²) in [4.78, 5) is 0. The van der Waals surface area contributed by atoms with Crippen molar-refractivity contribution in [2.45, 2.75) is 6.18 Å². The number of nitrogens with two attached hydrogens (primary N) is 1. The second kappa shape index (κ2) is 4.85. The number of nitrogens with one attached hydrogen (secondary N) is 1. The first-order valence-electron chi connectivity index (χ1n) is 3.53. The van der Waals surface area contributed by atoms with Gasteiger partial charge in [-0.1, -0.05) is 22.0 Å². The van der Waals surface area contributed by atoms with Crippen LogP contribution >= 0.6 is 28.3 Å². The summed E-state index contributed by atoms with van der Waals surface area (Å²) in [7, 11) is 0. The van der Waals surface area contributed by atoms with Crippen LogP contribution in [0, 0.1) is 5.41 Å². The molecule has 84 valence electrons. The normalized spacial score (nSPS) is 10.7. The van der Waals surface area contributed by atoms with Gasteiger partial charge in [-0.15, -0.1) is 12.4 Å². The monoisotopic (exact) mass is 302 g/mol. The van der Waals surface area contributed by atoms with Gasteiger partial charge in [0, 0.05) is 10.0 Å². The van der Waals surface area contributed by atoms with Crippen LogP contribution in [0.4, 0.5) is 13.2 Å². The summed E-state index contributed by atoms with van der Waals surface area (Å²) in [5, 5.41) is 7.00. The van der Waals surface area contributed by atoms with Crippen LogP contribution in [0.15, 0.2) is 22.7 Å². The molecule has 0 atom stereocenters. The van der Waals surface area contributed by atoms with Crippen molar-refractivity contribution >= 4 is 34.2 Å². The van der Waals surface area contributed by atoms with Crippen LogP contribution in [0.3, 0.4) is 0 Å². The smallest absolute Gasteiger partial charge is 0.384 e. The molecule has 0 saturated carbocycles. The number of hydrogen-bond donors (Lipinski definition) is 2. The van der Waals surface area contributed by atoms with Gasteiger partial charge in [0.2, 0.25) is 0 Å². The van der Waals surface area contributed by atoms with E-state index in [1.807, 2.05) is 0 Å². The second-order valence-corrected chi connectivity index (χ2v) is 3.46. The second-order valence-electron chi connectivity index (χ2n) is 2.61. The van der Waals surface area contributed by atoms with Gasteiger partial charge in [-0.05, 0) is 12.1 Å². The zero-order valence-electron chi connectivity index (χ0n) is 7.23. The maximum absolute atomic E-state index is 12.4. The zero-order valence-corrected chi connectivity index (χ0v) is 9.63. The molecule has 7 heteroatoms. The summed E-state index contributed by atoms with van der Waals surface area (Å²) in [6.45, 7) is 0. The SMILES string of the molecule is Cl.N=C(N)c1ccc(Br)c(C(F)(F)F)c1. The van der Waals surface area contributed by atoms with E-state index in [0.717, 1.165) is 6.07 Å². The van der Waals surface area contributed by atoms with Gasteiger partial charge in [0.25, 0.3) is 0 Å². The highest BCUT2D eigenvalue weighted by atomic mass is 79.9. The van der Waals surface area contributed by atoms with E-state index < -0.39 is 11.7 Å². The van der Waals surface area contributed by atoms with E-state index in [2.05, 4.69) is 15.9 Å². The van der Waals surface area contributed by atoms with Gasteiger partial charge in [0.1, 0.15) is 5.84 Å². The Morgan fingerprint density at radius 2 is 1.87 bits per heavy atom. The number of hydrogen-bond acceptors (Lipinski definition) is 1. The van der Waals surface area contributed by atoms with E-state index in [4.69, 9.17) is 11.1 Å². The molecule has 0 aliphatic carbocycles. The standard InChI is InChI=1S/C8H6BrF3N2.ClH/c9-6-2-1-4(7(13)14)3-5(6)8(10,11)12;/h1-3H,(H3,13,14);1H. The molecular formula is C8H7BrClF3N2. The van der Waals surface area contributed by atoms with Crippen molar-refractivity contribution < 1.29 is 13.2 Å². The van der Waals surface area contributed by atoms with Crippen LogP contribution in [0.1, 0.15) is 11.1 Å². The molecule has 3 N–H and O–H groups in total. The summed E-state index contributed by atoms with van der Waals surface area (Å²) in [6.07, 6.45) is -4.44. The van der Waals surface area contributed by atoms with Crippen molar-refractivity contribution in [1.29, 1.82) is 5.41 Å².